The third kappa shape index (κ3) is 3.96. The fraction of sp³-hybridized carbons (Fsp3) is 0.333. The van der Waals surface area contributed by atoms with E-state index in [1.54, 1.807) is 6.20 Å². The van der Waals surface area contributed by atoms with Crippen LogP contribution < -0.4 is 0 Å². The number of carbonyl (C=O) groups is 1. The summed E-state index contributed by atoms with van der Waals surface area (Å²) in [6.45, 7) is 1.37. The van der Waals surface area contributed by atoms with Gasteiger partial charge in [-0.05, 0) is 36.2 Å². The third-order valence-corrected chi connectivity index (χ3v) is 6.10. The van der Waals surface area contributed by atoms with E-state index in [9.17, 15) is 4.79 Å². The summed E-state index contributed by atoms with van der Waals surface area (Å²) in [4.78, 5) is 17.9. The molecule has 1 heterocycles. The summed E-state index contributed by atoms with van der Waals surface area (Å²) in [5, 5.41) is 6.97. The number of likely N-dealkylation sites (N-methyl/N-ethyl adjacent to an activating group) is 2. The van der Waals surface area contributed by atoms with Crippen molar-refractivity contribution in [3.63, 3.8) is 0 Å². The highest BCUT2D eigenvalue weighted by atomic mass is 16.2. The predicted molar refractivity (Wildman–Crippen MR) is 114 cm³/mol. The average Bonchev–Trinajstić information content (AvgIpc) is 3.40. The maximum Gasteiger partial charge on any atom is 0.243 e. The van der Waals surface area contributed by atoms with Crippen LogP contribution in [0.25, 0.3) is 0 Å². The van der Waals surface area contributed by atoms with Gasteiger partial charge in [-0.1, -0.05) is 54.6 Å². The molecule has 0 unspecified atom stereocenters. The summed E-state index contributed by atoms with van der Waals surface area (Å²) >= 11 is 0. The molecule has 1 aromatic heterocycles. The van der Waals surface area contributed by atoms with E-state index in [2.05, 4.69) is 70.7 Å². The van der Waals surface area contributed by atoms with Crippen LogP contribution in [0.4, 0.5) is 0 Å². The Hall–Kier alpha value is -2.92. The molecule has 5 heteroatoms. The normalized spacial score (nSPS) is 14.7. The molecule has 0 fully saturated rings. The molecular formula is C24H28N4O. The molecule has 3 aromatic rings. The molecular weight excluding hydrogens is 360 g/mol. The van der Waals surface area contributed by atoms with Gasteiger partial charge < -0.3 is 4.90 Å². The van der Waals surface area contributed by atoms with Crippen molar-refractivity contribution < 1.29 is 4.79 Å². The average molecular weight is 389 g/mol. The van der Waals surface area contributed by atoms with Crippen LogP contribution in [0.1, 0.15) is 22.4 Å². The Kier molecular flexibility index (Phi) is 5.49. The largest absolute Gasteiger partial charge is 0.338 e. The zero-order valence-electron chi connectivity index (χ0n) is 17.1. The first-order valence-corrected chi connectivity index (χ1v) is 10.1. The van der Waals surface area contributed by atoms with Gasteiger partial charge in [-0.2, -0.15) is 5.10 Å². The SMILES string of the molecule is CN(Cc1ccn[nH]1)C(=O)C1(N(C)CCc2ccccc2)Cc2ccccc2C1. The van der Waals surface area contributed by atoms with E-state index in [1.807, 2.05) is 24.1 Å². The summed E-state index contributed by atoms with van der Waals surface area (Å²) in [6.07, 6.45) is 4.15. The predicted octanol–water partition coefficient (Wildman–Crippen LogP) is 3.08. The Morgan fingerprint density at radius 2 is 1.66 bits per heavy atom. The van der Waals surface area contributed by atoms with Gasteiger partial charge >= 0.3 is 0 Å². The Labute approximate surface area is 172 Å². The van der Waals surface area contributed by atoms with Crippen molar-refractivity contribution in [2.75, 3.05) is 20.6 Å². The molecule has 0 saturated carbocycles. The summed E-state index contributed by atoms with van der Waals surface area (Å²) in [5.74, 6) is 0.166. The van der Waals surface area contributed by atoms with Crippen molar-refractivity contribution in [3.05, 3.63) is 89.2 Å². The summed E-state index contributed by atoms with van der Waals surface area (Å²) in [6, 6.07) is 20.8. The number of hydrogen-bond donors (Lipinski definition) is 1. The molecule has 0 bridgehead atoms. The number of amides is 1. The summed E-state index contributed by atoms with van der Waals surface area (Å²) in [5.41, 5.74) is 4.25. The van der Waals surface area contributed by atoms with Crippen molar-refractivity contribution in [1.82, 2.24) is 20.0 Å². The lowest BCUT2D eigenvalue weighted by Crippen LogP contribution is -2.59. The van der Waals surface area contributed by atoms with Crippen LogP contribution in [0, 0.1) is 0 Å². The summed E-state index contributed by atoms with van der Waals surface area (Å²) in [7, 11) is 3.98. The van der Waals surface area contributed by atoms with Crippen molar-refractivity contribution in [2.45, 2.75) is 31.3 Å². The lowest BCUT2D eigenvalue weighted by molar-refractivity contribution is -0.142. The number of benzene rings is 2. The molecule has 1 aliphatic carbocycles. The van der Waals surface area contributed by atoms with E-state index in [4.69, 9.17) is 0 Å². The van der Waals surface area contributed by atoms with Gasteiger partial charge in [0.15, 0.2) is 0 Å². The molecule has 1 N–H and O–H groups in total. The van der Waals surface area contributed by atoms with E-state index in [-0.39, 0.29) is 5.91 Å². The Morgan fingerprint density at radius 1 is 1.00 bits per heavy atom. The molecule has 2 aromatic carbocycles. The second kappa shape index (κ2) is 8.21. The van der Waals surface area contributed by atoms with Crippen molar-refractivity contribution >= 4 is 5.91 Å². The van der Waals surface area contributed by atoms with Gasteiger partial charge in [0.05, 0.1) is 12.2 Å². The number of H-pyrrole nitrogens is 1. The highest BCUT2D eigenvalue weighted by Crippen LogP contribution is 2.36. The van der Waals surface area contributed by atoms with Crippen molar-refractivity contribution in [3.8, 4) is 0 Å². The topological polar surface area (TPSA) is 52.2 Å². The monoisotopic (exact) mass is 388 g/mol. The molecule has 1 aliphatic rings. The first-order chi connectivity index (χ1) is 14.1. The highest BCUT2D eigenvalue weighted by molar-refractivity contribution is 5.88. The minimum absolute atomic E-state index is 0.166. The number of carbonyl (C=O) groups excluding carboxylic acids is 1. The Balaban J connectivity index is 1.57. The zero-order valence-corrected chi connectivity index (χ0v) is 17.1. The van der Waals surface area contributed by atoms with Crippen LogP contribution in [-0.4, -0.2) is 52.1 Å². The number of nitrogens with one attached hydrogen (secondary N) is 1. The Bertz CT molecular complexity index is 927. The quantitative estimate of drug-likeness (QED) is 0.677. The molecule has 1 amide bonds. The molecule has 150 valence electrons. The number of hydrogen-bond acceptors (Lipinski definition) is 3. The van der Waals surface area contributed by atoms with Crippen LogP contribution in [0.3, 0.4) is 0 Å². The maximum atomic E-state index is 13.8. The van der Waals surface area contributed by atoms with Gasteiger partial charge in [-0.25, -0.2) is 0 Å². The number of aromatic nitrogens is 2. The van der Waals surface area contributed by atoms with Crippen LogP contribution in [0.2, 0.25) is 0 Å². The lowest BCUT2D eigenvalue weighted by Gasteiger charge is -2.40. The first kappa shape index (κ1) is 19.4. The Morgan fingerprint density at radius 3 is 2.28 bits per heavy atom. The van der Waals surface area contributed by atoms with E-state index >= 15 is 0 Å². The van der Waals surface area contributed by atoms with Crippen LogP contribution in [-0.2, 0) is 30.6 Å². The minimum atomic E-state index is -0.548. The summed E-state index contributed by atoms with van der Waals surface area (Å²) < 4.78 is 0. The third-order valence-electron chi connectivity index (χ3n) is 6.10. The van der Waals surface area contributed by atoms with Gasteiger partial charge in [-0.3, -0.25) is 14.8 Å². The molecule has 5 nitrogen and oxygen atoms in total. The van der Waals surface area contributed by atoms with E-state index in [0.29, 0.717) is 6.54 Å². The fourth-order valence-electron chi connectivity index (χ4n) is 4.39. The van der Waals surface area contributed by atoms with Gasteiger partial charge in [0.1, 0.15) is 5.54 Å². The maximum absolute atomic E-state index is 13.8. The first-order valence-electron chi connectivity index (χ1n) is 10.1. The molecule has 0 saturated heterocycles. The smallest absolute Gasteiger partial charge is 0.243 e. The number of rotatable bonds is 7. The molecule has 0 aliphatic heterocycles. The van der Waals surface area contributed by atoms with Gasteiger partial charge in [-0.15, -0.1) is 0 Å². The van der Waals surface area contributed by atoms with Crippen molar-refractivity contribution in [2.24, 2.45) is 0 Å². The molecule has 29 heavy (non-hydrogen) atoms. The molecule has 4 rings (SSSR count). The standard InChI is InChI=1S/C24H28N4O/c1-27(18-22-12-14-25-26-22)23(29)24(16-20-10-6-7-11-21(20)17-24)28(2)15-13-19-8-4-3-5-9-19/h3-12,14H,13,15-18H2,1-2H3,(H,25,26). The molecule has 0 atom stereocenters. The number of fused-ring (bicyclic) bond motifs is 1. The van der Waals surface area contributed by atoms with E-state index < -0.39 is 5.54 Å². The van der Waals surface area contributed by atoms with Gasteiger partial charge in [0, 0.05) is 32.6 Å². The van der Waals surface area contributed by atoms with E-state index in [1.165, 1.54) is 16.7 Å². The second-order valence-electron chi connectivity index (χ2n) is 8.05. The molecule has 0 radical (unpaired) electrons. The lowest BCUT2D eigenvalue weighted by atomic mass is 9.91. The highest BCUT2D eigenvalue weighted by Gasteiger charge is 2.48. The zero-order chi connectivity index (χ0) is 20.3. The number of aromatic amines is 1. The fourth-order valence-corrected chi connectivity index (χ4v) is 4.39. The number of nitrogens with zero attached hydrogens (tertiary/aromatic N) is 3. The second-order valence-corrected chi connectivity index (χ2v) is 8.05. The van der Waals surface area contributed by atoms with Crippen LogP contribution in [0.5, 0.6) is 0 Å². The van der Waals surface area contributed by atoms with Crippen LogP contribution in [0.15, 0.2) is 66.9 Å². The molecule has 0 spiro atoms. The van der Waals surface area contributed by atoms with E-state index in [0.717, 1.165) is 31.5 Å². The van der Waals surface area contributed by atoms with Crippen LogP contribution >= 0.6 is 0 Å². The van der Waals surface area contributed by atoms with Gasteiger partial charge in [0.2, 0.25) is 5.91 Å². The minimum Gasteiger partial charge on any atom is -0.338 e. The van der Waals surface area contributed by atoms with Gasteiger partial charge in [0.25, 0.3) is 0 Å². The van der Waals surface area contributed by atoms with Crippen molar-refractivity contribution in [1.29, 1.82) is 0 Å².